The summed E-state index contributed by atoms with van der Waals surface area (Å²) < 4.78 is 24.1. The first-order valence-corrected chi connectivity index (χ1v) is 5.53. The lowest BCUT2D eigenvalue weighted by atomic mass is 10.4. The van der Waals surface area contributed by atoms with E-state index in [0.29, 0.717) is 6.61 Å². The topological polar surface area (TPSA) is 91.0 Å². The molecule has 1 fully saturated rings. The molecule has 0 aromatic carbocycles. The van der Waals surface area contributed by atoms with Crippen LogP contribution in [0.2, 0.25) is 0 Å². The van der Waals surface area contributed by atoms with E-state index in [1.165, 1.54) is 0 Å². The van der Waals surface area contributed by atoms with E-state index in [1.54, 1.807) is 13.8 Å². The van der Waals surface area contributed by atoms with Crippen LogP contribution in [-0.2, 0) is 18.3 Å². The second-order valence-corrected chi connectivity index (χ2v) is 3.94. The fourth-order valence-electron chi connectivity index (χ4n) is 0.676. The molecule has 0 amide bonds. The van der Waals surface area contributed by atoms with Crippen LogP contribution in [0.15, 0.2) is 0 Å². The van der Waals surface area contributed by atoms with Gasteiger partial charge >= 0.3 is 8.25 Å². The van der Waals surface area contributed by atoms with Gasteiger partial charge in [0.2, 0.25) is 0 Å². The molecule has 1 rings (SSSR count). The smallest absolute Gasteiger partial charge is 0.324 e. The highest BCUT2D eigenvalue weighted by Gasteiger charge is 2.34. The lowest BCUT2D eigenvalue weighted by Crippen LogP contribution is -2.30. The van der Waals surface area contributed by atoms with Gasteiger partial charge < -0.3 is 15.6 Å². The van der Waals surface area contributed by atoms with Crippen molar-refractivity contribution in [3.8, 4) is 0 Å². The first kappa shape index (κ1) is 14.0. The summed E-state index contributed by atoms with van der Waals surface area (Å²) in [6.45, 7) is 5.73. The van der Waals surface area contributed by atoms with Crippen molar-refractivity contribution in [1.29, 1.82) is 0 Å². The van der Waals surface area contributed by atoms with E-state index in [9.17, 15) is 4.57 Å². The van der Waals surface area contributed by atoms with Crippen LogP contribution in [0.1, 0.15) is 20.8 Å². The van der Waals surface area contributed by atoms with E-state index in [1.807, 2.05) is 6.92 Å². The quantitative estimate of drug-likeness (QED) is 0.537. The second-order valence-electron chi connectivity index (χ2n) is 3.03. The standard InChI is InChI=1S/C4H11NO2.C3H7O3P/c1-2-7-4(5)3-6;1-3(2)5-7(4)6-3/h4,6H,2-3,5H2,1H3;7H,1-2H3. The molecule has 1 unspecified atom stereocenters. The van der Waals surface area contributed by atoms with Crippen LogP contribution in [0.5, 0.6) is 0 Å². The molecule has 0 aromatic rings. The van der Waals surface area contributed by atoms with Crippen LogP contribution in [0.3, 0.4) is 0 Å². The Labute approximate surface area is 84.3 Å². The Morgan fingerprint density at radius 1 is 1.57 bits per heavy atom. The molecule has 6 nitrogen and oxygen atoms in total. The largest absolute Gasteiger partial charge is 0.392 e. The summed E-state index contributed by atoms with van der Waals surface area (Å²) in [5.74, 6) is -0.573. The van der Waals surface area contributed by atoms with E-state index >= 15 is 0 Å². The van der Waals surface area contributed by atoms with Crippen LogP contribution in [0.4, 0.5) is 0 Å². The molecule has 7 heteroatoms. The zero-order valence-electron chi connectivity index (χ0n) is 8.65. The molecule has 0 aliphatic carbocycles. The molecule has 1 heterocycles. The molecule has 0 radical (unpaired) electrons. The summed E-state index contributed by atoms with van der Waals surface area (Å²) in [5.41, 5.74) is 5.11. The molecule has 86 valence electrons. The fourth-order valence-corrected chi connectivity index (χ4v) is 1.49. The fraction of sp³-hybridized carbons (Fsp3) is 1.00. The van der Waals surface area contributed by atoms with Crippen LogP contribution < -0.4 is 5.73 Å². The van der Waals surface area contributed by atoms with Crippen molar-refractivity contribution < 1.29 is 23.5 Å². The van der Waals surface area contributed by atoms with E-state index in [-0.39, 0.29) is 6.61 Å². The number of nitrogens with two attached hydrogens (primary N) is 1. The number of aliphatic hydroxyl groups excluding tert-OH is 1. The van der Waals surface area contributed by atoms with Crippen molar-refractivity contribution in [2.45, 2.75) is 32.8 Å². The summed E-state index contributed by atoms with van der Waals surface area (Å²) in [5, 5.41) is 8.22. The van der Waals surface area contributed by atoms with Crippen LogP contribution >= 0.6 is 8.25 Å². The van der Waals surface area contributed by atoms with Crippen LogP contribution in [-0.4, -0.2) is 30.3 Å². The van der Waals surface area contributed by atoms with Gasteiger partial charge in [-0.1, -0.05) is 0 Å². The van der Waals surface area contributed by atoms with E-state index in [4.69, 9.17) is 15.6 Å². The number of ether oxygens (including phenoxy) is 1. The van der Waals surface area contributed by atoms with E-state index < -0.39 is 20.3 Å². The lowest BCUT2D eigenvalue weighted by Gasteiger charge is -2.32. The molecule has 1 saturated heterocycles. The molecule has 3 N–H and O–H groups in total. The Balaban J connectivity index is 0.000000241. The highest BCUT2D eigenvalue weighted by atomic mass is 31.1. The van der Waals surface area contributed by atoms with E-state index in [2.05, 4.69) is 9.05 Å². The van der Waals surface area contributed by atoms with Gasteiger partial charge in [-0.25, -0.2) is 0 Å². The van der Waals surface area contributed by atoms with Gasteiger partial charge in [-0.05, 0) is 20.8 Å². The van der Waals surface area contributed by atoms with Gasteiger partial charge in [0.15, 0.2) is 5.79 Å². The molecule has 0 aromatic heterocycles. The lowest BCUT2D eigenvalue weighted by molar-refractivity contribution is -0.157. The summed E-state index contributed by atoms with van der Waals surface area (Å²) >= 11 is 0. The monoisotopic (exact) mass is 227 g/mol. The van der Waals surface area contributed by atoms with Crippen molar-refractivity contribution >= 4 is 8.25 Å². The molecule has 1 atom stereocenters. The average molecular weight is 227 g/mol. The zero-order chi connectivity index (χ0) is 11.2. The Bertz CT molecular complexity index is 177. The summed E-state index contributed by atoms with van der Waals surface area (Å²) in [6, 6.07) is 0. The highest BCUT2D eigenvalue weighted by Crippen LogP contribution is 2.46. The molecular formula is C7H18NO5P. The van der Waals surface area contributed by atoms with Crippen molar-refractivity contribution in [3.63, 3.8) is 0 Å². The van der Waals surface area contributed by atoms with Crippen molar-refractivity contribution in [3.05, 3.63) is 0 Å². The van der Waals surface area contributed by atoms with Gasteiger partial charge in [0, 0.05) is 6.61 Å². The Hall–Kier alpha value is 0.0300. The van der Waals surface area contributed by atoms with Gasteiger partial charge in [-0.3, -0.25) is 13.6 Å². The number of hydrogen-bond acceptors (Lipinski definition) is 6. The normalized spacial score (nSPS) is 21.8. The van der Waals surface area contributed by atoms with Gasteiger partial charge in [-0.15, -0.1) is 0 Å². The first-order chi connectivity index (χ1) is 6.41. The van der Waals surface area contributed by atoms with E-state index in [0.717, 1.165) is 0 Å². The third-order valence-electron chi connectivity index (χ3n) is 1.22. The van der Waals surface area contributed by atoms with Crippen molar-refractivity contribution in [2.75, 3.05) is 13.2 Å². The van der Waals surface area contributed by atoms with Crippen LogP contribution in [0, 0.1) is 0 Å². The number of aliphatic hydroxyl groups is 1. The Morgan fingerprint density at radius 3 is 2.14 bits per heavy atom. The van der Waals surface area contributed by atoms with Gasteiger partial charge in [0.05, 0.1) is 6.61 Å². The predicted octanol–water partition coefficient (Wildman–Crippen LogP) is 0.459. The van der Waals surface area contributed by atoms with Crippen molar-refractivity contribution in [1.82, 2.24) is 0 Å². The molecule has 0 spiro atoms. The Morgan fingerprint density at radius 2 is 2.07 bits per heavy atom. The molecule has 1 aliphatic heterocycles. The summed E-state index contributed by atoms with van der Waals surface area (Å²) in [6.07, 6.45) is -0.495. The molecule has 0 saturated carbocycles. The molecular weight excluding hydrogens is 209 g/mol. The van der Waals surface area contributed by atoms with Gasteiger partial charge in [-0.2, -0.15) is 0 Å². The van der Waals surface area contributed by atoms with Crippen LogP contribution in [0.25, 0.3) is 0 Å². The molecule has 1 aliphatic rings. The number of hydrogen-bond donors (Lipinski definition) is 2. The summed E-state index contributed by atoms with van der Waals surface area (Å²) in [7, 11) is -2.05. The van der Waals surface area contributed by atoms with Crippen molar-refractivity contribution in [2.24, 2.45) is 5.73 Å². The van der Waals surface area contributed by atoms with Gasteiger partial charge in [0.25, 0.3) is 0 Å². The molecule has 0 bridgehead atoms. The maximum Gasteiger partial charge on any atom is 0.324 e. The van der Waals surface area contributed by atoms with Gasteiger partial charge in [0.1, 0.15) is 6.23 Å². The third kappa shape index (κ3) is 6.48. The number of rotatable bonds is 3. The predicted molar refractivity (Wildman–Crippen MR) is 51.9 cm³/mol. The third-order valence-corrected chi connectivity index (χ3v) is 2.54. The average Bonchev–Trinajstić information content (AvgIpc) is 2.02. The Kier molecular flexibility index (Phi) is 6.52. The molecule has 14 heavy (non-hydrogen) atoms. The second kappa shape index (κ2) is 6.50. The summed E-state index contributed by atoms with van der Waals surface area (Å²) in [4.78, 5) is 0. The highest BCUT2D eigenvalue weighted by molar-refractivity contribution is 7.34. The maximum absolute atomic E-state index is 10.1. The maximum atomic E-state index is 10.1. The SMILES string of the molecule is CC1(C)O[PH](=O)O1.CCOC(N)CO. The zero-order valence-corrected chi connectivity index (χ0v) is 9.65. The first-order valence-electron chi connectivity index (χ1n) is 4.31. The minimum Gasteiger partial charge on any atom is -0.392 e. The minimum atomic E-state index is -2.05. The minimum absolute atomic E-state index is 0.103.